The molecule has 0 bridgehead atoms. The van der Waals surface area contributed by atoms with E-state index in [1.165, 1.54) is 7.11 Å². The summed E-state index contributed by atoms with van der Waals surface area (Å²) in [6.07, 6.45) is 0. The number of nitrogens with one attached hydrogen (secondary N) is 2. The van der Waals surface area contributed by atoms with Crippen LogP contribution in [0.25, 0.3) is 0 Å². The molecule has 2 rings (SSSR count). The van der Waals surface area contributed by atoms with E-state index in [1.54, 1.807) is 20.8 Å². The van der Waals surface area contributed by atoms with Gasteiger partial charge < -0.3 is 15.4 Å². The number of thiophene rings is 1. The standard InChI is InChI=1S/C20H24N2O4S/c1-10(2)17(23)22-19-15(20(25)26-6)13(5)16(27-19)18(24)21-14-9-11(3)7-8-12(14)4/h7-10H,1-6H3,(H,21,24)(H,22,23). The highest BCUT2D eigenvalue weighted by Gasteiger charge is 2.27. The van der Waals surface area contributed by atoms with Crippen LogP contribution in [0.3, 0.4) is 0 Å². The van der Waals surface area contributed by atoms with Crippen molar-refractivity contribution in [1.82, 2.24) is 0 Å². The molecule has 2 aromatic rings. The van der Waals surface area contributed by atoms with Crippen LogP contribution in [0.5, 0.6) is 0 Å². The van der Waals surface area contributed by atoms with Gasteiger partial charge in [-0.2, -0.15) is 0 Å². The van der Waals surface area contributed by atoms with Gasteiger partial charge in [-0.3, -0.25) is 9.59 Å². The molecular weight excluding hydrogens is 364 g/mol. The van der Waals surface area contributed by atoms with E-state index in [0.717, 1.165) is 22.5 Å². The number of rotatable bonds is 5. The van der Waals surface area contributed by atoms with Gasteiger partial charge in [0, 0.05) is 11.6 Å². The molecule has 1 aromatic heterocycles. The van der Waals surface area contributed by atoms with Gasteiger partial charge in [-0.15, -0.1) is 11.3 Å². The normalized spacial score (nSPS) is 10.6. The molecule has 0 atom stereocenters. The topological polar surface area (TPSA) is 84.5 Å². The number of hydrogen-bond donors (Lipinski definition) is 2. The Morgan fingerprint density at radius 3 is 2.33 bits per heavy atom. The van der Waals surface area contributed by atoms with E-state index in [0.29, 0.717) is 21.1 Å². The van der Waals surface area contributed by atoms with Crippen molar-refractivity contribution in [2.24, 2.45) is 5.92 Å². The van der Waals surface area contributed by atoms with Crippen LogP contribution in [0.4, 0.5) is 10.7 Å². The summed E-state index contributed by atoms with van der Waals surface area (Å²) in [5.74, 6) is -1.41. The molecule has 0 spiro atoms. The van der Waals surface area contributed by atoms with Gasteiger partial charge in [-0.1, -0.05) is 26.0 Å². The van der Waals surface area contributed by atoms with Crippen molar-refractivity contribution in [3.63, 3.8) is 0 Å². The zero-order valence-electron chi connectivity index (χ0n) is 16.4. The van der Waals surface area contributed by atoms with E-state index in [2.05, 4.69) is 10.6 Å². The van der Waals surface area contributed by atoms with Gasteiger partial charge in [0.05, 0.1) is 17.6 Å². The molecule has 0 saturated carbocycles. The lowest BCUT2D eigenvalue weighted by Crippen LogP contribution is -2.19. The summed E-state index contributed by atoms with van der Waals surface area (Å²) in [4.78, 5) is 37.5. The Balaban J connectivity index is 2.42. The monoisotopic (exact) mass is 388 g/mol. The van der Waals surface area contributed by atoms with Crippen molar-refractivity contribution in [2.75, 3.05) is 17.7 Å². The van der Waals surface area contributed by atoms with Crippen molar-refractivity contribution in [1.29, 1.82) is 0 Å². The second kappa shape index (κ2) is 8.35. The lowest BCUT2D eigenvalue weighted by atomic mass is 10.1. The molecule has 1 aromatic carbocycles. The third kappa shape index (κ3) is 4.54. The number of aryl methyl sites for hydroxylation is 2. The fraction of sp³-hybridized carbons (Fsp3) is 0.350. The number of anilines is 2. The van der Waals surface area contributed by atoms with E-state index in [1.807, 2.05) is 32.0 Å². The second-order valence-electron chi connectivity index (χ2n) is 6.67. The van der Waals surface area contributed by atoms with Crippen molar-refractivity contribution >= 4 is 39.8 Å². The molecular formula is C20H24N2O4S. The number of hydrogen-bond acceptors (Lipinski definition) is 5. The lowest BCUT2D eigenvalue weighted by molar-refractivity contribution is -0.118. The number of carbonyl (C=O) groups is 3. The van der Waals surface area contributed by atoms with E-state index in [4.69, 9.17) is 4.74 Å². The Bertz CT molecular complexity index is 900. The first kappa shape index (κ1) is 20.6. The van der Waals surface area contributed by atoms with Crippen molar-refractivity contribution in [3.8, 4) is 0 Å². The summed E-state index contributed by atoms with van der Waals surface area (Å²) in [5.41, 5.74) is 3.36. The van der Waals surface area contributed by atoms with Crippen molar-refractivity contribution in [2.45, 2.75) is 34.6 Å². The van der Waals surface area contributed by atoms with Gasteiger partial charge in [-0.05, 0) is 43.5 Å². The minimum absolute atomic E-state index is 0.211. The third-order valence-electron chi connectivity index (χ3n) is 4.14. The van der Waals surface area contributed by atoms with Crippen LogP contribution in [0.15, 0.2) is 18.2 Å². The summed E-state index contributed by atoms with van der Waals surface area (Å²) in [5, 5.41) is 5.94. The number of amides is 2. The van der Waals surface area contributed by atoms with Gasteiger partial charge in [0.1, 0.15) is 5.00 Å². The highest BCUT2D eigenvalue weighted by molar-refractivity contribution is 7.18. The number of methoxy groups -OCH3 is 1. The van der Waals surface area contributed by atoms with Crippen molar-refractivity contribution < 1.29 is 19.1 Å². The highest BCUT2D eigenvalue weighted by Crippen LogP contribution is 2.34. The van der Waals surface area contributed by atoms with Gasteiger partial charge >= 0.3 is 5.97 Å². The fourth-order valence-electron chi connectivity index (χ4n) is 2.47. The molecule has 1 heterocycles. The van der Waals surface area contributed by atoms with Crippen LogP contribution in [-0.2, 0) is 9.53 Å². The molecule has 144 valence electrons. The van der Waals surface area contributed by atoms with Crippen LogP contribution in [0.2, 0.25) is 0 Å². The zero-order valence-corrected chi connectivity index (χ0v) is 17.2. The molecule has 0 aliphatic rings. The van der Waals surface area contributed by atoms with E-state index >= 15 is 0 Å². The Kier molecular flexibility index (Phi) is 6.38. The van der Waals surface area contributed by atoms with Crippen LogP contribution in [0.1, 0.15) is 50.6 Å². The van der Waals surface area contributed by atoms with E-state index in [-0.39, 0.29) is 23.3 Å². The summed E-state index contributed by atoms with van der Waals surface area (Å²) < 4.78 is 4.83. The first-order valence-corrected chi connectivity index (χ1v) is 9.38. The summed E-state index contributed by atoms with van der Waals surface area (Å²) in [7, 11) is 1.27. The molecule has 0 unspecified atom stereocenters. The lowest BCUT2D eigenvalue weighted by Gasteiger charge is -2.09. The largest absolute Gasteiger partial charge is 0.465 e. The fourth-order valence-corrected chi connectivity index (χ4v) is 3.56. The van der Waals surface area contributed by atoms with Crippen LogP contribution in [0, 0.1) is 26.7 Å². The second-order valence-corrected chi connectivity index (χ2v) is 7.69. The SMILES string of the molecule is COC(=O)c1c(NC(=O)C(C)C)sc(C(=O)Nc2cc(C)ccc2C)c1C. The average molecular weight is 388 g/mol. The Hall–Kier alpha value is -2.67. The van der Waals surface area contributed by atoms with Gasteiger partial charge in [0.25, 0.3) is 5.91 Å². The maximum Gasteiger partial charge on any atom is 0.341 e. The van der Waals surface area contributed by atoms with Crippen LogP contribution >= 0.6 is 11.3 Å². The maximum atomic E-state index is 12.8. The molecule has 0 radical (unpaired) electrons. The smallest absolute Gasteiger partial charge is 0.341 e. The van der Waals surface area contributed by atoms with E-state index < -0.39 is 5.97 Å². The van der Waals surface area contributed by atoms with Gasteiger partial charge in [-0.25, -0.2) is 4.79 Å². The molecule has 0 saturated heterocycles. The molecule has 0 aliphatic heterocycles. The summed E-state index contributed by atoms with van der Waals surface area (Å²) in [6, 6.07) is 5.79. The Morgan fingerprint density at radius 2 is 1.74 bits per heavy atom. The van der Waals surface area contributed by atoms with Gasteiger partial charge in [0.15, 0.2) is 0 Å². The predicted octanol–water partition coefficient (Wildman–Crippen LogP) is 4.31. The predicted molar refractivity (Wildman–Crippen MR) is 108 cm³/mol. The van der Waals surface area contributed by atoms with Crippen molar-refractivity contribution in [3.05, 3.63) is 45.3 Å². The number of carbonyl (C=O) groups excluding carboxylic acids is 3. The molecule has 2 N–H and O–H groups in total. The molecule has 7 heteroatoms. The van der Waals surface area contributed by atoms with Gasteiger partial charge in [0.2, 0.25) is 5.91 Å². The molecule has 2 amide bonds. The highest BCUT2D eigenvalue weighted by atomic mass is 32.1. The van der Waals surface area contributed by atoms with E-state index in [9.17, 15) is 14.4 Å². The maximum absolute atomic E-state index is 12.8. The number of ether oxygens (including phenoxy) is 1. The zero-order chi connectivity index (χ0) is 20.3. The molecule has 6 nitrogen and oxygen atoms in total. The minimum atomic E-state index is -0.589. The first-order valence-electron chi connectivity index (χ1n) is 8.56. The quantitative estimate of drug-likeness (QED) is 0.748. The van der Waals surface area contributed by atoms with Crippen LogP contribution in [-0.4, -0.2) is 24.9 Å². The molecule has 0 aliphatic carbocycles. The molecule has 27 heavy (non-hydrogen) atoms. The third-order valence-corrected chi connectivity index (χ3v) is 5.35. The number of benzene rings is 1. The Morgan fingerprint density at radius 1 is 1.07 bits per heavy atom. The summed E-state index contributed by atoms with van der Waals surface area (Å²) >= 11 is 1.07. The first-order chi connectivity index (χ1) is 12.6. The average Bonchev–Trinajstić information content (AvgIpc) is 2.93. The molecule has 0 fully saturated rings. The summed E-state index contributed by atoms with van der Waals surface area (Å²) in [6.45, 7) is 9.03. The minimum Gasteiger partial charge on any atom is -0.465 e. The Labute approximate surface area is 162 Å². The van der Waals surface area contributed by atoms with Crippen LogP contribution < -0.4 is 10.6 Å². The number of esters is 1.